The normalized spacial score (nSPS) is 9.78. The summed E-state index contributed by atoms with van der Waals surface area (Å²) in [4.78, 5) is 24.1. The van der Waals surface area contributed by atoms with E-state index >= 15 is 0 Å². The lowest BCUT2D eigenvalue weighted by molar-refractivity contribution is -0.178. The van der Waals surface area contributed by atoms with Gasteiger partial charge in [0.1, 0.15) is 5.52 Å². The third-order valence-electron chi connectivity index (χ3n) is 3.93. The molecule has 2 heterocycles. The number of thiol groups is 1. The smallest absolute Gasteiger partial charge is 0.165 e. The van der Waals surface area contributed by atoms with E-state index in [0.29, 0.717) is 11.6 Å². The summed E-state index contributed by atoms with van der Waals surface area (Å²) in [5, 5.41) is 2.75. The SMILES string of the molecule is C=CC.CNC.COOc1ccc(-c2ncc3ncc(-c4ccc(S)cc4)cc3n2)cc1. The van der Waals surface area contributed by atoms with Crippen molar-refractivity contribution in [2.45, 2.75) is 11.8 Å². The molecule has 0 radical (unpaired) electrons. The second-order valence-corrected chi connectivity index (χ2v) is 7.07. The molecule has 0 bridgehead atoms. The Bertz CT molecular complexity index is 1120. The van der Waals surface area contributed by atoms with Crippen LogP contribution in [0.3, 0.4) is 0 Å². The molecule has 4 aromatic rings. The Morgan fingerprint density at radius 3 is 2.06 bits per heavy atom. The van der Waals surface area contributed by atoms with Crippen molar-refractivity contribution in [2.24, 2.45) is 0 Å². The fourth-order valence-corrected chi connectivity index (χ4v) is 2.77. The van der Waals surface area contributed by atoms with Gasteiger partial charge in [0, 0.05) is 22.2 Å². The van der Waals surface area contributed by atoms with Crippen molar-refractivity contribution in [3.63, 3.8) is 0 Å². The van der Waals surface area contributed by atoms with Gasteiger partial charge in [-0.2, -0.15) is 4.89 Å². The van der Waals surface area contributed by atoms with Gasteiger partial charge in [-0.15, -0.1) is 19.2 Å². The molecule has 0 aliphatic rings. The van der Waals surface area contributed by atoms with E-state index in [4.69, 9.17) is 4.89 Å². The molecule has 7 heteroatoms. The van der Waals surface area contributed by atoms with Crippen LogP contribution in [0.4, 0.5) is 0 Å². The Hall–Kier alpha value is -3.26. The standard InChI is InChI=1S/C20H15N3O2S.C3H6.C2H7N/c1-24-25-16-6-2-14(3-7-16)20-22-12-19-18(23-20)10-15(11-21-19)13-4-8-17(26)9-5-13;2*1-3-2/h2-12,26H,1H3;3H,1H2,2H3;3H,1-2H3. The summed E-state index contributed by atoms with van der Waals surface area (Å²) in [6, 6.07) is 17.3. The number of allylic oxidation sites excluding steroid dienone is 1. The summed E-state index contributed by atoms with van der Waals surface area (Å²) in [6.07, 6.45) is 5.31. The predicted molar refractivity (Wildman–Crippen MR) is 134 cm³/mol. The van der Waals surface area contributed by atoms with E-state index in [9.17, 15) is 0 Å². The first-order valence-electron chi connectivity index (χ1n) is 9.95. The van der Waals surface area contributed by atoms with Crippen molar-refractivity contribution in [1.29, 1.82) is 0 Å². The van der Waals surface area contributed by atoms with Crippen molar-refractivity contribution in [3.8, 4) is 28.3 Å². The number of hydrogen-bond donors (Lipinski definition) is 2. The zero-order chi connectivity index (χ0) is 23.3. The first kappa shape index (κ1) is 25.0. The fourth-order valence-electron chi connectivity index (χ4n) is 2.62. The van der Waals surface area contributed by atoms with Crippen LogP contribution in [0.2, 0.25) is 0 Å². The quantitative estimate of drug-likeness (QED) is 0.183. The second-order valence-electron chi connectivity index (χ2n) is 6.55. The molecule has 0 aliphatic carbocycles. The maximum Gasteiger partial charge on any atom is 0.165 e. The van der Waals surface area contributed by atoms with Crippen LogP contribution in [0.1, 0.15) is 6.92 Å². The molecular formula is C25H28N4O2S. The Balaban J connectivity index is 0.000000547. The topological polar surface area (TPSA) is 69.2 Å². The summed E-state index contributed by atoms with van der Waals surface area (Å²) in [5.74, 6) is 1.25. The predicted octanol–water partition coefficient (Wildman–Crippen LogP) is 5.62. The van der Waals surface area contributed by atoms with E-state index in [0.717, 1.165) is 32.6 Å². The van der Waals surface area contributed by atoms with Crippen LogP contribution in [0.5, 0.6) is 5.75 Å². The summed E-state index contributed by atoms with van der Waals surface area (Å²) >= 11 is 4.32. The largest absolute Gasteiger partial charge is 0.338 e. The average molecular weight is 449 g/mol. The van der Waals surface area contributed by atoms with E-state index < -0.39 is 0 Å². The molecule has 2 aromatic carbocycles. The van der Waals surface area contributed by atoms with Gasteiger partial charge in [0.25, 0.3) is 0 Å². The molecule has 4 rings (SSSR count). The van der Waals surface area contributed by atoms with Crippen LogP contribution in [-0.2, 0) is 4.89 Å². The van der Waals surface area contributed by atoms with Gasteiger partial charge in [0.15, 0.2) is 11.6 Å². The third-order valence-corrected chi connectivity index (χ3v) is 4.22. The van der Waals surface area contributed by atoms with Gasteiger partial charge in [-0.25, -0.2) is 9.97 Å². The first-order chi connectivity index (χ1) is 15.6. The second kappa shape index (κ2) is 13.2. The van der Waals surface area contributed by atoms with Gasteiger partial charge in [-0.1, -0.05) is 18.2 Å². The molecular weight excluding hydrogens is 420 g/mol. The average Bonchev–Trinajstić information content (AvgIpc) is 2.81. The Kier molecular flexibility index (Phi) is 10.3. The highest BCUT2D eigenvalue weighted by atomic mass is 32.1. The minimum atomic E-state index is 0.619. The molecule has 0 saturated carbocycles. The molecule has 0 atom stereocenters. The highest BCUT2D eigenvalue weighted by molar-refractivity contribution is 7.80. The summed E-state index contributed by atoms with van der Waals surface area (Å²) in [6.45, 7) is 5.25. The molecule has 0 fully saturated rings. The highest BCUT2D eigenvalue weighted by Gasteiger charge is 2.07. The maximum atomic E-state index is 4.98. The highest BCUT2D eigenvalue weighted by Crippen LogP contribution is 2.25. The number of nitrogens with zero attached hydrogens (tertiary/aromatic N) is 3. The fraction of sp³-hybridized carbons (Fsp3) is 0.160. The number of hydrogen-bond acceptors (Lipinski definition) is 7. The minimum Gasteiger partial charge on any atom is -0.338 e. The minimum absolute atomic E-state index is 0.619. The Morgan fingerprint density at radius 2 is 1.47 bits per heavy atom. The molecule has 32 heavy (non-hydrogen) atoms. The molecule has 0 aliphatic heterocycles. The van der Waals surface area contributed by atoms with E-state index in [1.165, 1.54) is 7.11 Å². The number of benzene rings is 2. The van der Waals surface area contributed by atoms with Gasteiger partial charge in [0.05, 0.1) is 18.8 Å². The molecule has 0 spiro atoms. The van der Waals surface area contributed by atoms with Crippen molar-refractivity contribution in [3.05, 3.63) is 79.6 Å². The molecule has 166 valence electrons. The number of pyridine rings is 1. The number of aromatic nitrogens is 3. The molecule has 2 aromatic heterocycles. The van der Waals surface area contributed by atoms with Crippen LogP contribution in [0, 0.1) is 0 Å². The van der Waals surface area contributed by atoms with Crippen molar-refractivity contribution < 1.29 is 9.78 Å². The van der Waals surface area contributed by atoms with Crippen LogP contribution < -0.4 is 10.2 Å². The number of rotatable bonds is 4. The van der Waals surface area contributed by atoms with Crippen molar-refractivity contribution >= 4 is 23.7 Å². The molecule has 6 nitrogen and oxygen atoms in total. The van der Waals surface area contributed by atoms with E-state index in [1.54, 1.807) is 24.4 Å². The zero-order valence-corrected chi connectivity index (χ0v) is 19.6. The van der Waals surface area contributed by atoms with Crippen molar-refractivity contribution in [1.82, 2.24) is 20.3 Å². The van der Waals surface area contributed by atoms with Crippen LogP contribution >= 0.6 is 12.6 Å². The number of fused-ring (bicyclic) bond motifs is 1. The maximum absolute atomic E-state index is 4.98. The van der Waals surface area contributed by atoms with Crippen LogP contribution in [-0.4, -0.2) is 36.2 Å². The lowest BCUT2D eigenvalue weighted by Crippen LogP contribution is -1.93. The van der Waals surface area contributed by atoms with Gasteiger partial charge in [-0.3, -0.25) is 4.98 Å². The van der Waals surface area contributed by atoms with Crippen molar-refractivity contribution in [2.75, 3.05) is 21.2 Å². The lowest BCUT2D eigenvalue weighted by atomic mass is 10.1. The monoisotopic (exact) mass is 448 g/mol. The van der Waals surface area contributed by atoms with Gasteiger partial charge in [-0.05, 0) is 69.0 Å². The summed E-state index contributed by atoms with van der Waals surface area (Å²) in [7, 11) is 5.22. The third kappa shape index (κ3) is 7.16. The zero-order valence-electron chi connectivity index (χ0n) is 18.7. The number of nitrogens with one attached hydrogen (secondary N) is 1. The molecule has 1 N–H and O–H groups in total. The van der Waals surface area contributed by atoms with E-state index in [-0.39, 0.29) is 0 Å². The van der Waals surface area contributed by atoms with Crippen LogP contribution in [0.15, 0.2) is 84.5 Å². The molecule has 0 amide bonds. The lowest BCUT2D eigenvalue weighted by Gasteiger charge is -2.06. The van der Waals surface area contributed by atoms with Gasteiger partial charge in [0.2, 0.25) is 0 Å². The molecule has 0 unspecified atom stereocenters. The first-order valence-corrected chi connectivity index (χ1v) is 10.4. The summed E-state index contributed by atoms with van der Waals surface area (Å²) in [5.41, 5.74) is 4.50. The van der Waals surface area contributed by atoms with E-state index in [1.807, 2.05) is 69.7 Å². The van der Waals surface area contributed by atoms with Gasteiger partial charge < -0.3 is 10.2 Å². The van der Waals surface area contributed by atoms with E-state index in [2.05, 4.69) is 44.4 Å². The Morgan fingerprint density at radius 1 is 0.875 bits per heavy atom. The van der Waals surface area contributed by atoms with Gasteiger partial charge >= 0.3 is 0 Å². The van der Waals surface area contributed by atoms with Crippen LogP contribution in [0.25, 0.3) is 33.5 Å². The summed E-state index contributed by atoms with van der Waals surface area (Å²) < 4.78 is 0. The Labute approximate surface area is 194 Å². The molecule has 0 saturated heterocycles.